The van der Waals surface area contributed by atoms with Crippen molar-refractivity contribution in [1.82, 2.24) is 10.6 Å². The summed E-state index contributed by atoms with van der Waals surface area (Å²) in [5.74, 6) is 0.703. The number of nitrogens with zero attached hydrogens (tertiary/aromatic N) is 1. The molecule has 0 saturated carbocycles. The zero-order valence-corrected chi connectivity index (χ0v) is 21.2. The maximum absolute atomic E-state index is 11.5. The highest BCUT2D eigenvalue weighted by Crippen LogP contribution is 2.25. The fourth-order valence-electron chi connectivity index (χ4n) is 2.59. The first-order valence-corrected chi connectivity index (χ1v) is 11.6. The fraction of sp³-hybridized carbons (Fsp3) is 0.350. The lowest BCUT2D eigenvalue weighted by atomic mass is 10.1. The molecule has 0 aromatic heterocycles. The molecule has 9 heteroatoms. The van der Waals surface area contributed by atoms with Crippen LogP contribution in [-0.4, -0.2) is 33.7 Å². The second-order valence-corrected chi connectivity index (χ2v) is 9.30. The van der Waals surface area contributed by atoms with E-state index in [2.05, 4.69) is 15.6 Å². The van der Waals surface area contributed by atoms with E-state index in [0.29, 0.717) is 33.9 Å². The van der Waals surface area contributed by atoms with Gasteiger partial charge in [-0.3, -0.25) is 4.99 Å². The van der Waals surface area contributed by atoms with Gasteiger partial charge in [0.05, 0.1) is 21.0 Å². The molecular formula is C20H26Cl2IN3O2S. The lowest BCUT2D eigenvalue weighted by Crippen LogP contribution is -2.38. The molecule has 0 radical (unpaired) electrons. The number of hydrogen-bond donors (Lipinski definition) is 2. The van der Waals surface area contributed by atoms with Crippen LogP contribution in [0.5, 0.6) is 0 Å². The molecule has 2 N–H and O–H groups in total. The van der Waals surface area contributed by atoms with Crippen LogP contribution in [0.3, 0.4) is 0 Å². The highest BCUT2D eigenvalue weighted by molar-refractivity contribution is 14.0. The lowest BCUT2D eigenvalue weighted by Gasteiger charge is -2.18. The highest BCUT2D eigenvalue weighted by atomic mass is 127. The Morgan fingerprint density at radius 1 is 1.10 bits per heavy atom. The summed E-state index contributed by atoms with van der Waals surface area (Å²) in [4.78, 5) is 4.93. The molecule has 5 nitrogen and oxygen atoms in total. The number of sulfone groups is 1. The van der Waals surface area contributed by atoms with Crippen LogP contribution in [0.15, 0.2) is 52.4 Å². The Bertz CT molecular complexity index is 935. The molecule has 2 aromatic rings. The summed E-state index contributed by atoms with van der Waals surface area (Å²) < 4.78 is 23.0. The van der Waals surface area contributed by atoms with Crippen molar-refractivity contribution >= 4 is 63.0 Å². The van der Waals surface area contributed by atoms with E-state index in [0.717, 1.165) is 17.7 Å². The summed E-state index contributed by atoms with van der Waals surface area (Å²) >= 11 is 12.1. The first-order valence-electron chi connectivity index (χ1n) is 8.99. The predicted octanol–water partition coefficient (Wildman–Crippen LogP) is 4.87. The summed E-state index contributed by atoms with van der Waals surface area (Å²) in [7, 11) is -3.17. The van der Waals surface area contributed by atoms with Gasteiger partial charge in [-0.1, -0.05) is 41.4 Å². The van der Waals surface area contributed by atoms with Crippen molar-refractivity contribution in [1.29, 1.82) is 0 Å². The van der Waals surface area contributed by atoms with Gasteiger partial charge in [-0.15, -0.1) is 24.0 Å². The molecule has 2 aromatic carbocycles. The maximum atomic E-state index is 11.5. The Morgan fingerprint density at radius 3 is 2.31 bits per heavy atom. The van der Waals surface area contributed by atoms with Gasteiger partial charge in [0.25, 0.3) is 0 Å². The molecule has 0 spiro atoms. The molecule has 0 bridgehead atoms. The molecule has 160 valence electrons. The van der Waals surface area contributed by atoms with Gasteiger partial charge in [0, 0.05) is 19.3 Å². The summed E-state index contributed by atoms with van der Waals surface area (Å²) in [6.07, 6.45) is 1.91. The molecule has 29 heavy (non-hydrogen) atoms. The predicted molar refractivity (Wildman–Crippen MR) is 133 cm³/mol. The zero-order valence-electron chi connectivity index (χ0n) is 16.6. The van der Waals surface area contributed by atoms with Crippen LogP contribution in [0.1, 0.15) is 31.0 Å². The first-order chi connectivity index (χ1) is 13.2. The average molecular weight is 570 g/mol. The maximum Gasteiger partial charge on any atom is 0.191 e. The molecular weight excluding hydrogens is 544 g/mol. The van der Waals surface area contributed by atoms with E-state index in [4.69, 9.17) is 23.2 Å². The van der Waals surface area contributed by atoms with Gasteiger partial charge in [0.1, 0.15) is 0 Å². The van der Waals surface area contributed by atoms with Crippen LogP contribution < -0.4 is 10.6 Å². The van der Waals surface area contributed by atoms with Gasteiger partial charge in [-0.05, 0) is 55.7 Å². The highest BCUT2D eigenvalue weighted by Gasteiger charge is 2.10. The largest absolute Gasteiger partial charge is 0.357 e. The van der Waals surface area contributed by atoms with Crippen molar-refractivity contribution < 1.29 is 8.42 Å². The van der Waals surface area contributed by atoms with Crippen molar-refractivity contribution in [2.75, 3.05) is 19.3 Å². The summed E-state index contributed by atoms with van der Waals surface area (Å²) in [5, 5.41) is 7.63. The van der Waals surface area contributed by atoms with Crippen molar-refractivity contribution in [2.24, 2.45) is 4.99 Å². The van der Waals surface area contributed by atoms with Crippen LogP contribution in [0.4, 0.5) is 0 Å². The van der Waals surface area contributed by atoms with Crippen molar-refractivity contribution in [3.63, 3.8) is 0 Å². The number of halogens is 3. The van der Waals surface area contributed by atoms with Crippen molar-refractivity contribution in [2.45, 2.75) is 31.2 Å². The van der Waals surface area contributed by atoms with E-state index < -0.39 is 9.84 Å². The molecule has 0 saturated heterocycles. The SMILES string of the molecule is CCNC(=NCCc1ccc(S(C)(=O)=O)cc1)NC(C)c1ccc(Cl)c(Cl)c1.I. The standard InChI is InChI=1S/C20H25Cl2N3O2S.HI/c1-4-23-20(25-14(2)16-7-10-18(21)19(22)13-16)24-12-11-15-5-8-17(9-6-15)28(3,26)27;/h5-10,13-14H,4,11-12H2,1-3H3,(H2,23,24,25);1H. The number of guanidine groups is 1. The minimum Gasteiger partial charge on any atom is -0.357 e. The number of aliphatic imine (C=N–C) groups is 1. The molecule has 1 unspecified atom stereocenters. The molecule has 0 aliphatic heterocycles. The number of hydrogen-bond acceptors (Lipinski definition) is 3. The smallest absolute Gasteiger partial charge is 0.191 e. The Labute approximate surface area is 200 Å². The number of benzene rings is 2. The third kappa shape index (κ3) is 8.32. The van der Waals surface area contributed by atoms with E-state index in [9.17, 15) is 8.42 Å². The Hall–Kier alpha value is -1.03. The first kappa shape index (κ1) is 26.0. The minimum atomic E-state index is -3.17. The van der Waals surface area contributed by atoms with Crippen LogP contribution in [0.2, 0.25) is 10.0 Å². The second kappa shape index (κ2) is 12.0. The Kier molecular flexibility index (Phi) is 10.7. The van der Waals surface area contributed by atoms with E-state index in [1.54, 1.807) is 18.2 Å². The zero-order chi connectivity index (χ0) is 20.7. The molecule has 0 amide bonds. The minimum absolute atomic E-state index is 0. The van der Waals surface area contributed by atoms with E-state index in [1.807, 2.05) is 38.1 Å². The Balaban J connectivity index is 0.00000420. The normalized spacial score (nSPS) is 12.8. The molecule has 0 fully saturated rings. The number of rotatable bonds is 7. The van der Waals surface area contributed by atoms with Crippen LogP contribution in [0, 0.1) is 0 Å². The fourth-order valence-corrected chi connectivity index (χ4v) is 3.53. The van der Waals surface area contributed by atoms with E-state index >= 15 is 0 Å². The van der Waals surface area contributed by atoms with Crippen LogP contribution in [0.25, 0.3) is 0 Å². The molecule has 0 aliphatic rings. The van der Waals surface area contributed by atoms with Crippen molar-refractivity contribution in [3.05, 3.63) is 63.6 Å². The summed E-state index contributed by atoms with van der Waals surface area (Å²) in [5.41, 5.74) is 2.04. The number of nitrogens with one attached hydrogen (secondary N) is 2. The summed E-state index contributed by atoms with van der Waals surface area (Å²) in [6.45, 7) is 5.34. The van der Waals surface area contributed by atoms with E-state index in [-0.39, 0.29) is 30.0 Å². The molecule has 2 rings (SSSR count). The van der Waals surface area contributed by atoms with Gasteiger partial charge in [-0.2, -0.15) is 0 Å². The van der Waals surface area contributed by atoms with Gasteiger partial charge in [0.15, 0.2) is 15.8 Å². The van der Waals surface area contributed by atoms with Crippen LogP contribution in [-0.2, 0) is 16.3 Å². The van der Waals surface area contributed by atoms with Crippen molar-refractivity contribution in [3.8, 4) is 0 Å². The second-order valence-electron chi connectivity index (χ2n) is 6.47. The van der Waals surface area contributed by atoms with Gasteiger partial charge >= 0.3 is 0 Å². The Morgan fingerprint density at radius 2 is 1.76 bits per heavy atom. The topological polar surface area (TPSA) is 70.6 Å². The van der Waals surface area contributed by atoms with Gasteiger partial charge in [0.2, 0.25) is 0 Å². The molecule has 0 aliphatic carbocycles. The third-order valence-electron chi connectivity index (χ3n) is 4.16. The lowest BCUT2D eigenvalue weighted by molar-refractivity contribution is 0.602. The summed E-state index contributed by atoms with van der Waals surface area (Å²) in [6, 6.07) is 12.5. The van der Waals surface area contributed by atoms with Crippen LogP contribution >= 0.6 is 47.2 Å². The van der Waals surface area contributed by atoms with E-state index in [1.165, 1.54) is 6.26 Å². The van der Waals surface area contributed by atoms with Gasteiger partial charge < -0.3 is 10.6 Å². The molecule has 0 heterocycles. The molecule has 1 atom stereocenters. The average Bonchev–Trinajstić information content (AvgIpc) is 2.63. The monoisotopic (exact) mass is 569 g/mol. The van der Waals surface area contributed by atoms with Gasteiger partial charge in [-0.25, -0.2) is 8.42 Å². The third-order valence-corrected chi connectivity index (χ3v) is 6.03. The quantitative estimate of drug-likeness (QED) is 0.283.